The van der Waals surface area contributed by atoms with Crippen LogP contribution in [0.5, 0.6) is 0 Å². The van der Waals surface area contributed by atoms with Crippen molar-refractivity contribution in [1.82, 2.24) is 15.5 Å². The normalized spacial score (nSPS) is 20.7. The first kappa shape index (κ1) is 21.1. The zero-order valence-electron chi connectivity index (χ0n) is 17.1. The molecule has 25 heavy (non-hydrogen) atoms. The summed E-state index contributed by atoms with van der Waals surface area (Å²) in [6.45, 7) is 10.9. The van der Waals surface area contributed by atoms with Gasteiger partial charge < -0.3 is 20.3 Å². The van der Waals surface area contributed by atoms with Crippen LogP contribution in [-0.2, 0) is 4.74 Å². The van der Waals surface area contributed by atoms with Crippen LogP contribution in [0.1, 0.15) is 34.6 Å². The highest BCUT2D eigenvalue weighted by atomic mass is 16.5. The third kappa shape index (κ3) is 6.46. The molecule has 0 saturated carbocycles. The Morgan fingerprint density at radius 2 is 2.00 bits per heavy atom. The summed E-state index contributed by atoms with van der Waals surface area (Å²) in [5.41, 5.74) is 4.85. The monoisotopic (exact) mass is 345 g/mol. The van der Waals surface area contributed by atoms with E-state index in [2.05, 4.69) is 68.6 Å². The van der Waals surface area contributed by atoms with Crippen LogP contribution in [0.2, 0.25) is 0 Å². The van der Waals surface area contributed by atoms with Gasteiger partial charge in [0.15, 0.2) is 0 Å². The van der Waals surface area contributed by atoms with Crippen LogP contribution in [0.25, 0.3) is 0 Å². The van der Waals surface area contributed by atoms with Gasteiger partial charge in [-0.2, -0.15) is 0 Å². The first-order chi connectivity index (χ1) is 11.8. The fourth-order valence-corrected chi connectivity index (χ4v) is 2.37. The van der Waals surface area contributed by atoms with Crippen molar-refractivity contribution in [2.45, 2.75) is 46.8 Å². The maximum Gasteiger partial charge on any atom is 0.0746 e. The molecule has 0 spiro atoms. The highest BCUT2D eigenvalue weighted by Crippen LogP contribution is 2.23. The summed E-state index contributed by atoms with van der Waals surface area (Å²) in [4.78, 5) is 2.23. The smallest absolute Gasteiger partial charge is 0.0746 e. The van der Waals surface area contributed by atoms with E-state index in [-0.39, 0.29) is 6.10 Å². The molecule has 1 aliphatic heterocycles. The molecular formula is C21H35N3O. The molecule has 2 atom stereocenters. The third-order valence-corrected chi connectivity index (χ3v) is 4.72. The van der Waals surface area contributed by atoms with Crippen LogP contribution >= 0.6 is 0 Å². The maximum atomic E-state index is 5.28. The van der Waals surface area contributed by atoms with Crippen molar-refractivity contribution >= 4 is 0 Å². The quantitative estimate of drug-likeness (QED) is 0.654. The van der Waals surface area contributed by atoms with Crippen molar-refractivity contribution in [2.24, 2.45) is 5.92 Å². The van der Waals surface area contributed by atoms with Crippen molar-refractivity contribution in [1.29, 1.82) is 0 Å². The molecule has 1 aliphatic rings. The summed E-state index contributed by atoms with van der Waals surface area (Å²) in [6, 6.07) is 0.336. The van der Waals surface area contributed by atoms with E-state index in [4.69, 9.17) is 4.74 Å². The minimum Gasteiger partial charge on any atom is -0.388 e. The Bertz CT molecular complexity index is 582. The van der Waals surface area contributed by atoms with Crippen LogP contribution in [0, 0.1) is 5.92 Å². The third-order valence-electron chi connectivity index (χ3n) is 4.72. The molecule has 4 heteroatoms. The van der Waals surface area contributed by atoms with E-state index in [1.54, 1.807) is 7.11 Å². The summed E-state index contributed by atoms with van der Waals surface area (Å²) < 4.78 is 5.28. The number of rotatable bonds is 8. The largest absolute Gasteiger partial charge is 0.388 e. The number of nitrogens with zero attached hydrogens (tertiary/aromatic N) is 1. The zero-order chi connectivity index (χ0) is 19.0. The molecule has 4 nitrogen and oxygen atoms in total. The molecule has 0 aromatic heterocycles. The van der Waals surface area contributed by atoms with Crippen molar-refractivity contribution in [2.75, 3.05) is 21.2 Å². The highest BCUT2D eigenvalue weighted by Gasteiger charge is 2.18. The fourth-order valence-electron chi connectivity index (χ4n) is 2.37. The standard InChI is InChI=1S/C21H35N3O/c1-15(2)16(3)13-20-18(5)24(7)12-10-21(20)23-11-9-19(22-6)14-17(4)25-8/h9-15,17-18,22-23H,1-8H3/b11-9-,16-13+,19-14+. The van der Waals surface area contributed by atoms with Gasteiger partial charge in [0, 0.05) is 45.0 Å². The Kier molecular flexibility index (Phi) is 8.56. The van der Waals surface area contributed by atoms with Gasteiger partial charge in [0.1, 0.15) is 0 Å². The maximum absolute atomic E-state index is 5.28. The number of methoxy groups -OCH3 is 1. The molecule has 0 aromatic rings. The van der Waals surface area contributed by atoms with Gasteiger partial charge in [0.2, 0.25) is 0 Å². The number of hydrogen-bond acceptors (Lipinski definition) is 4. The molecule has 0 aliphatic carbocycles. The molecule has 140 valence electrons. The van der Waals surface area contributed by atoms with Crippen LogP contribution in [-0.4, -0.2) is 38.3 Å². The van der Waals surface area contributed by atoms with E-state index >= 15 is 0 Å². The topological polar surface area (TPSA) is 36.5 Å². The lowest BCUT2D eigenvalue weighted by Crippen LogP contribution is -2.31. The molecule has 0 radical (unpaired) electrons. The second-order valence-electron chi connectivity index (χ2n) is 6.86. The second-order valence-corrected chi connectivity index (χ2v) is 6.86. The molecule has 1 heterocycles. The molecule has 2 unspecified atom stereocenters. The van der Waals surface area contributed by atoms with E-state index < -0.39 is 0 Å². The Morgan fingerprint density at radius 1 is 1.32 bits per heavy atom. The number of ether oxygens (including phenoxy) is 1. The first-order valence-corrected chi connectivity index (χ1v) is 8.98. The van der Waals surface area contributed by atoms with Crippen molar-refractivity contribution in [3.05, 3.63) is 59.2 Å². The van der Waals surface area contributed by atoms with Crippen LogP contribution in [0.15, 0.2) is 59.2 Å². The Labute approximate surface area is 154 Å². The lowest BCUT2D eigenvalue weighted by atomic mass is 9.95. The number of likely N-dealkylation sites (N-methyl/N-ethyl adjacent to an activating group) is 2. The van der Waals surface area contributed by atoms with Gasteiger partial charge in [0.05, 0.1) is 12.1 Å². The van der Waals surface area contributed by atoms with Gasteiger partial charge in [-0.25, -0.2) is 0 Å². The summed E-state index contributed by atoms with van der Waals surface area (Å²) in [6.07, 6.45) is 12.7. The summed E-state index contributed by atoms with van der Waals surface area (Å²) in [7, 11) is 5.73. The van der Waals surface area contributed by atoms with E-state index in [9.17, 15) is 0 Å². The lowest BCUT2D eigenvalue weighted by Gasteiger charge is -2.30. The number of allylic oxidation sites excluding steroid dienone is 3. The number of nitrogens with one attached hydrogen (secondary N) is 2. The zero-order valence-corrected chi connectivity index (χ0v) is 17.1. The molecule has 0 saturated heterocycles. The predicted molar refractivity (Wildman–Crippen MR) is 108 cm³/mol. The first-order valence-electron chi connectivity index (χ1n) is 8.98. The number of hydrogen-bond donors (Lipinski definition) is 2. The lowest BCUT2D eigenvalue weighted by molar-refractivity contribution is 0.155. The van der Waals surface area contributed by atoms with Crippen LogP contribution in [0.3, 0.4) is 0 Å². The summed E-state index contributed by atoms with van der Waals surface area (Å²) in [5, 5.41) is 6.62. The van der Waals surface area contributed by atoms with Crippen molar-refractivity contribution < 1.29 is 4.74 Å². The molecule has 0 aromatic carbocycles. The minimum absolute atomic E-state index is 0.0711. The molecule has 0 bridgehead atoms. The van der Waals surface area contributed by atoms with Gasteiger partial charge in [0.25, 0.3) is 0 Å². The van der Waals surface area contributed by atoms with Crippen molar-refractivity contribution in [3.63, 3.8) is 0 Å². The summed E-state index contributed by atoms with van der Waals surface area (Å²) in [5.74, 6) is 0.544. The highest BCUT2D eigenvalue weighted by molar-refractivity contribution is 5.41. The summed E-state index contributed by atoms with van der Waals surface area (Å²) >= 11 is 0. The molecule has 2 N–H and O–H groups in total. The SMILES string of the molecule is CNC(/C=C\NC1=C(/C=C(\C)C(C)C)C(C)N(C)C=C1)=C/C(C)OC. The fraction of sp³-hybridized carbons (Fsp3) is 0.524. The van der Waals surface area contributed by atoms with E-state index in [0.29, 0.717) is 12.0 Å². The van der Waals surface area contributed by atoms with Crippen LogP contribution < -0.4 is 10.6 Å². The van der Waals surface area contributed by atoms with Gasteiger partial charge in [-0.05, 0) is 50.5 Å². The Morgan fingerprint density at radius 3 is 2.56 bits per heavy atom. The minimum atomic E-state index is 0.0711. The van der Waals surface area contributed by atoms with E-state index in [0.717, 1.165) is 11.4 Å². The average Bonchev–Trinajstić information content (AvgIpc) is 2.59. The van der Waals surface area contributed by atoms with Crippen molar-refractivity contribution in [3.8, 4) is 0 Å². The van der Waals surface area contributed by atoms with Crippen LogP contribution in [0.4, 0.5) is 0 Å². The van der Waals surface area contributed by atoms with Gasteiger partial charge in [-0.15, -0.1) is 0 Å². The Hall–Kier alpha value is -1.94. The van der Waals surface area contributed by atoms with E-state index in [1.165, 1.54) is 11.1 Å². The molecule has 0 amide bonds. The molecular weight excluding hydrogens is 310 g/mol. The molecule has 0 fully saturated rings. The molecule has 1 rings (SSSR count). The van der Waals surface area contributed by atoms with Gasteiger partial charge in [-0.3, -0.25) is 0 Å². The second kappa shape index (κ2) is 10.1. The predicted octanol–water partition coefficient (Wildman–Crippen LogP) is 3.93. The van der Waals surface area contributed by atoms with E-state index in [1.807, 2.05) is 32.3 Å². The Balaban J connectivity index is 3.03. The van der Waals surface area contributed by atoms with Gasteiger partial charge in [-0.1, -0.05) is 25.5 Å². The average molecular weight is 346 g/mol. The van der Waals surface area contributed by atoms with Gasteiger partial charge >= 0.3 is 0 Å².